The molecule has 1 aromatic carbocycles. The van der Waals surface area contributed by atoms with E-state index in [0.29, 0.717) is 22.9 Å². The Kier molecular flexibility index (Phi) is 5.25. The van der Waals surface area contributed by atoms with Crippen LogP contribution in [0.3, 0.4) is 0 Å². The third-order valence-corrected chi connectivity index (χ3v) is 2.59. The highest BCUT2D eigenvalue weighted by Crippen LogP contribution is 2.27. The molecular formula is C12H17ClN2O2. The topological polar surface area (TPSA) is 64.4 Å². The number of nitrogens with two attached hydrogens (primary N) is 1. The fraction of sp³-hybridized carbons (Fsp3) is 0.417. The van der Waals surface area contributed by atoms with E-state index in [0.717, 1.165) is 6.42 Å². The number of hydrogen-bond donors (Lipinski definition) is 2. The lowest BCUT2D eigenvalue weighted by atomic mass is 10.1. The number of benzene rings is 1. The number of anilines is 1. The predicted octanol–water partition coefficient (Wildman–Crippen LogP) is 2.41. The SMILES string of the molecule is CCC[C@@H](N)C(=O)Nc1cc(Cl)ccc1OC. The van der Waals surface area contributed by atoms with E-state index in [1.165, 1.54) is 7.11 Å². The highest BCUT2D eigenvalue weighted by molar-refractivity contribution is 6.31. The summed E-state index contributed by atoms with van der Waals surface area (Å²) < 4.78 is 5.13. The molecule has 0 aliphatic heterocycles. The molecule has 0 saturated heterocycles. The van der Waals surface area contributed by atoms with Crippen molar-refractivity contribution in [2.45, 2.75) is 25.8 Å². The molecule has 1 rings (SSSR count). The summed E-state index contributed by atoms with van der Waals surface area (Å²) in [5.74, 6) is 0.332. The molecule has 0 bridgehead atoms. The summed E-state index contributed by atoms with van der Waals surface area (Å²) in [6.07, 6.45) is 1.51. The van der Waals surface area contributed by atoms with E-state index in [1.807, 2.05) is 6.92 Å². The number of ether oxygens (including phenoxy) is 1. The van der Waals surface area contributed by atoms with E-state index >= 15 is 0 Å². The van der Waals surface area contributed by atoms with Crippen LogP contribution in [0.5, 0.6) is 5.75 Å². The number of carbonyl (C=O) groups is 1. The summed E-state index contributed by atoms with van der Waals surface area (Å²) >= 11 is 5.86. The van der Waals surface area contributed by atoms with Gasteiger partial charge in [0.15, 0.2) is 0 Å². The van der Waals surface area contributed by atoms with Crippen LogP contribution in [0.1, 0.15) is 19.8 Å². The summed E-state index contributed by atoms with van der Waals surface area (Å²) in [6, 6.07) is 4.52. The van der Waals surface area contributed by atoms with Crippen LogP contribution in [0, 0.1) is 0 Å². The van der Waals surface area contributed by atoms with Crippen molar-refractivity contribution in [3.05, 3.63) is 23.2 Å². The monoisotopic (exact) mass is 256 g/mol. The number of rotatable bonds is 5. The van der Waals surface area contributed by atoms with Gasteiger partial charge in [0.25, 0.3) is 0 Å². The van der Waals surface area contributed by atoms with E-state index in [1.54, 1.807) is 18.2 Å². The molecule has 3 N–H and O–H groups in total. The highest BCUT2D eigenvalue weighted by atomic mass is 35.5. The van der Waals surface area contributed by atoms with Gasteiger partial charge in [-0.3, -0.25) is 4.79 Å². The standard InChI is InChI=1S/C12H17ClN2O2/c1-3-4-9(14)12(16)15-10-7-8(13)5-6-11(10)17-2/h5-7,9H,3-4,14H2,1-2H3,(H,15,16)/t9-/m1/s1. The van der Waals surface area contributed by atoms with Crippen molar-refractivity contribution in [3.63, 3.8) is 0 Å². The van der Waals surface area contributed by atoms with Gasteiger partial charge in [-0.25, -0.2) is 0 Å². The van der Waals surface area contributed by atoms with Crippen LogP contribution >= 0.6 is 11.6 Å². The third kappa shape index (κ3) is 3.91. The zero-order valence-corrected chi connectivity index (χ0v) is 10.8. The molecule has 0 saturated carbocycles. The van der Waals surface area contributed by atoms with Crippen molar-refractivity contribution in [1.82, 2.24) is 0 Å². The molecule has 94 valence electrons. The van der Waals surface area contributed by atoms with Crippen LogP contribution in [0.2, 0.25) is 5.02 Å². The first kappa shape index (κ1) is 13.8. The van der Waals surface area contributed by atoms with Crippen LogP contribution < -0.4 is 15.8 Å². The van der Waals surface area contributed by atoms with Crippen LogP contribution in [0.15, 0.2) is 18.2 Å². The molecule has 0 spiro atoms. The van der Waals surface area contributed by atoms with Crippen LogP contribution in [0.25, 0.3) is 0 Å². The van der Waals surface area contributed by atoms with Crippen molar-refractivity contribution < 1.29 is 9.53 Å². The lowest BCUT2D eigenvalue weighted by molar-refractivity contribution is -0.117. The Hall–Kier alpha value is -1.26. The molecule has 1 aromatic rings. The molecule has 0 unspecified atom stereocenters. The lowest BCUT2D eigenvalue weighted by Crippen LogP contribution is -2.35. The summed E-state index contributed by atoms with van der Waals surface area (Å²) in [6.45, 7) is 1.98. The molecule has 0 fully saturated rings. The first-order valence-electron chi connectivity index (χ1n) is 5.48. The Morgan fingerprint density at radius 3 is 2.88 bits per heavy atom. The maximum atomic E-state index is 11.7. The number of halogens is 1. The minimum Gasteiger partial charge on any atom is -0.495 e. The van der Waals surface area contributed by atoms with Gasteiger partial charge >= 0.3 is 0 Å². The smallest absolute Gasteiger partial charge is 0.241 e. The average molecular weight is 257 g/mol. The second-order valence-corrected chi connectivity index (χ2v) is 4.17. The Labute approximate surface area is 106 Å². The normalized spacial score (nSPS) is 12.0. The summed E-state index contributed by atoms with van der Waals surface area (Å²) in [7, 11) is 1.53. The van der Waals surface area contributed by atoms with Crippen LogP contribution in [0.4, 0.5) is 5.69 Å². The molecule has 0 aliphatic rings. The molecule has 1 amide bonds. The first-order valence-corrected chi connectivity index (χ1v) is 5.86. The molecule has 0 aromatic heterocycles. The average Bonchev–Trinajstić information content (AvgIpc) is 2.29. The fourth-order valence-electron chi connectivity index (χ4n) is 1.45. The number of amides is 1. The molecule has 4 nitrogen and oxygen atoms in total. The van der Waals surface area contributed by atoms with Crippen molar-refractivity contribution in [1.29, 1.82) is 0 Å². The van der Waals surface area contributed by atoms with Crippen molar-refractivity contribution in [3.8, 4) is 5.75 Å². The Morgan fingerprint density at radius 1 is 1.59 bits per heavy atom. The van der Waals surface area contributed by atoms with Gasteiger partial charge in [-0.15, -0.1) is 0 Å². The van der Waals surface area contributed by atoms with Crippen LogP contribution in [-0.2, 0) is 4.79 Å². The van der Waals surface area contributed by atoms with Gasteiger partial charge < -0.3 is 15.8 Å². The van der Waals surface area contributed by atoms with E-state index in [4.69, 9.17) is 22.1 Å². The minimum atomic E-state index is -0.510. The van der Waals surface area contributed by atoms with E-state index in [-0.39, 0.29) is 5.91 Å². The maximum Gasteiger partial charge on any atom is 0.241 e. The second-order valence-electron chi connectivity index (χ2n) is 3.73. The van der Waals surface area contributed by atoms with E-state index < -0.39 is 6.04 Å². The van der Waals surface area contributed by atoms with E-state index in [9.17, 15) is 4.79 Å². The van der Waals surface area contributed by atoms with Gasteiger partial charge in [-0.1, -0.05) is 24.9 Å². The Balaban J connectivity index is 2.79. The molecular weight excluding hydrogens is 240 g/mol. The van der Waals surface area contributed by atoms with Crippen molar-refractivity contribution in [2.75, 3.05) is 12.4 Å². The minimum absolute atomic E-state index is 0.229. The molecule has 0 heterocycles. The largest absolute Gasteiger partial charge is 0.495 e. The predicted molar refractivity (Wildman–Crippen MR) is 69.5 cm³/mol. The Bertz CT molecular complexity index is 396. The highest BCUT2D eigenvalue weighted by Gasteiger charge is 2.14. The fourth-order valence-corrected chi connectivity index (χ4v) is 1.62. The first-order chi connectivity index (χ1) is 8.08. The third-order valence-electron chi connectivity index (χ3n) is 2.36. The Morgan fingerprint density at radius 2 is 2.29 bits per heavy atom. The van der Waals surface area contributed by atoms with Gasteiger partial charge in [0, 0.05) is 5.02 Å². The van der Waals surface area contributed by atoms with Crippen molar-refractivity contribution >= 4 is 23.2 Å². The van der Waals surface area contributed by atoms with Crippen LogP contribution in [-0.4, -0.2) is 19.1 Å². The number of methoxy groups -OCH3 is 1. The van der Waals surface area contributed by atoms with Gasteiger partial charge in [0.05, 0.1) is 18.8 Å². The van der Waals surface area contributed by atoms with Gasteiger partial charge in [0.2, 0.25) is 5.91 Å². The molecule has 1 atom stereocenters. The molecule has 5 heteroatoms. The maximum absolute atomic E-state index is 11.7. The van der Waals surface area contributed by atoms with Crippen molar-refractivity contribution in [2.24, 2.45) is 5.73 Å². The summed E-state index contributed by atoms with van der Waals surface area (Å²) in [5.41, 5.74) is 6.26. The van der Waals surface area contributed by atoms with Gasteiger partial charge in [-0.2, -0.15) is 0 Å². The molecule has 0 radical (unpaired) electrons. The summed E-state index contributed by atoms with van der Waals surface area (Å²) in [5, 5.41) is 3.25. The molecule has 0 aliphatic carbocycles. The molecule has 17 heavy (non-hydrogen) atoms. The number of carbonyl (C=O) groups excluding carboxylic acids is 1. The number of nitrogens with one attached hydrogen (secondary N) is 1. The lowest BCUT2D eigenvalue weighted by Gasteiger charge is -2.14. The van der Waals surface area contributed by atoms with E-state index in [2.05, 4.69) is 5.32 Å². The quantitative estimate of drug-likeness (QED) is 0.850. The zero-order valence-electron chi connectivity index (χ0n) is 10.00. The zero-order chi connectivity index (χ0) is 12.8. The summed E-state index contributed by atoms with van der Waals surface area (Å²) in [4.78, 5) is 11.7. The van der Waals surface area contributed by atoms with Gasteiger partial charge in [0.1, 0.15) is 5.75 Å². The second kappa shape index (κ2) is 6.47. The van der Waals surface area contributed by atoms with Gasteiger partial charge in [-0.05, 0) is 24.6 Å². The number of hydrogen-bond acceptors (Lipinski definition) is 3.